The first-order valence-corrected chi connectivity index (χ1v) is 8.88. The number of rotatable bonds is 6. The van der Waals surface area contributed by atoms with Gasteiger partial charge in [0.2, 0.25) is 0 Å². The maximum absolute atomic E-state index is 12.2. The molecule has 1 aromatic carbocycles. The van der Waals surface area contributed by atoms with E-state index in [1.54, 1.807) is 10.9 Å². The van der Waals surface area contributed by atoms with Crippen LogP contribution in [0.3, 0.4) is 0 Å². The van der Waals surface area contributed by atoms with Crippen molar-refractivity contribution in [3.63, 3.8) is 0 Å². The molecule has 7 nitrogen and oxygen atoms in total. The van der Waals surface area contributed by atoms with Crippen LogP contribution in [0.4, 0.5) is 0 Å². The molecule has 0 saturated carbocycles. The molecule has 25 heavy (non-hydrogen) atoms. The van der Waals surface area contributed by atoms with Crippen molar-refractivity contribution in [2.75, 3.05) is 45.8 Å². The van der Waals surface area contributed by atoms with E-state index in [1.165, 1.54) is 5.56 Å². The Labute approximate surface area is 148 Å². The average molecular weight is 342 g/mol. The topological polar surface area (TPSA) is 66.3 Å². The van der Waals surface area contributed by atoms with Crippen LogP contribution >= 0.6 is 0 Å². The van der Waals surface area contributed by atoms with E-state index in [9.17, 15) is 4.79 Å². The fourth-order valence-corrected chi connectivity index (χ4v) is 2.94. The van der Waals surface area contributed by atoms with Crippen LogP contribution < -0.4 is 5.32 Å². The molecule has 1 N–H and O–H groups in total. The molecule has 1 aromatic heterocycles. The van der Waals surface area contributed by atoms with E-state index in [0.29, 0.717) is 12.2 Å². The lowest BCUT2D eigenvalue weighted by molar-refractivity contribution is 0.0933. The van der Waals surface area contributed by atoms with Crippen molar-refractivity contribution in [3.05, 3.63) is 41.7 Å². The molecule has 0 spiro atoms. The highest BCUT2D eigenvalue weighted by Gasteiger charge is 2.16. The highest BCUT2D eigenvalue weighted by atomic mass is 16.2. The van der Waals surface area contributed by atoms with Gasteiger partial charge < -0.3 is 10.2 Å². The molecule has 0 bridgehead atoms. The molecule has 1 fully saturated rings. The highest BCUT2D eigenvalue weighted by Crippen LogP contribution is 2.08. The molecule has 1 aliphatic rings. The van der Waals surface area contributed by atoms with E-state index in [2.05, 4.69) is 32.4 Å². The van der Waals surface area contributed by atoms with E-state index in [4.69, 9.17) is 0 Å². The van der Waals surface area contributed by atoms with E-state index in [1.807, 2.05) is 31.2 Å². The van der Waals surface area contributed by atoms with Gasteiger partial charge in [-0.15, -0.1) is 5.10 Å². The number of piperazine rings is 1. The van der Waals surface area contributed by atoms with Crippen LogP contribution in [0.25, 0.3) is 5.69 Å². The van der Waals surface area contributed by atoms with Crippen LogP contribution in [-0.4, -0.2) is 76.5 Å². The zero-order valence-electron chi connectivity index (χ0n) is 15.0. The molecule has 2 heterocycles. The molecule has 1 aliphatic heterocycles. The number of benzene rings is 1. The van der Waals surface area contributed by atoms with Gasteiger partial charge in [0.25, 0.3) is 5.91 Å². The SMILES string of the molecule is CCN1CCN(CCNC(=O)c2cn(-c3ccc(C)cc3)nn2)CC1. The van der Waals surface area contributed by atoms with Gasteiger partial charge in [-0.25, -0.2) is 4.68 Å². The van der Waals surface area contributed by atoms with Gasteiger partial charge in [0, 0.05) is 39.3 Å². The van der Waals surface area contributed by atoms with Crippen LogP contribution in [0.2, 0.25) is 0 Å². The van der Waals surface area contributed by atoms with E-state index < -0.39 is 0 Å². The summed E-state index contributed by atoms with van der Waals surface area (Å²) in [6.45, 7) is 11.2. The lowest BCUT2D eigenvalue weighted by Crippen LogP contribution is -2.48. The smallest absolute Gasteiger partial charge is 0.273 e. The van der Waals surface area contributed by atoms with Gasteiger partial charge in [0.15, 0.2) is 5.69 Å². The van der Waals surface area contributed by atoms with Crippen molar-refractivity contribution in [3.8, 4) is 5.69 Å². The quantitative estimate of drug-likeness (QED) is 0.846. The minimum atomic E-state index is -0.175. The summed E-state index contributed by atoms with van der Waals surface area (Å²) in [5, 5.41) is 11.0. The van der Waals surface area contributed by atoms with Crippen LogP contribution in [-0.2, 0) is 0 Å². The second-order valence-corrected chi connectivity index (χ2v) is 6.42. The second kappa shape index (κ2) is 8.22. The molecule has 3 rings (SSSR count). The minimum Gasteiger partial charge on any atom is -0.349 e. The van der Waals surface area contributed by atoms with Crippen molar-refractivity contribution >= 4 is 5.91 Å². The van der Waals surface area contributed by atoms with Crippen molar-refractivity contribution in [2.24, 2.45) is 0 Å². The third-order valence-electron chi connectivity index (χ3n) is 4.65. The number of aryl methyl sites for hydroxylation is 1. The Hall–Kier alpha value is -2.25. The molecule has 0 unspecified atom stereocenters. The third kappa shape index (κ3) is 4.64. The summed E-state index contributed by atoms with van der Waals surface area (Å²) in [6, 6.07) is 7.94. The first kappa shape index (κ1) is 17.6. The van der Waals surface area contributed by atoms with Crippen molar-refractivity contribution < 1.29 is 4.79 Å². The molecule has 1 amide bonds. The number of hydrogen-bond donors (Lipinski definition) is 1. The molecule has 1 saturated heterocycles. The first-order chi connectivity index (χ1) is 12.2. The zero-order chi connectivity index (χ0) is 17.6. The van der Waals surface area contributed by atoms with Gasteiger partial charge >= 0.3 is 0 Å². The summed E-state index contributed by atoms with van der Waals surface area (Å²) >= 11 is 0. The summed E-state index contributed by atoms with van der Waals surface area (Å²) in [7, 11) is 0. The number of carbonyl (C=O) groups excluding carboxylic acids is 1. The summed E-state index contributed by atoms with van der Waals surface area (Å²) in [4.78, 5) is 17.1. The second-order valence-electron chi connectivity index (χ2n) is 6.42. The Kier molecular flexibility index (Phi) is 5.78. The largest absolute Gasteiger partial charge is 0.349 e. The fraction of sp³-hybridized carbons (Fsp3) is 0.500. The predicted molar refractivity (Wildman–Crippen MR) is 97.0 cm³/mol. The summed E-state index contributed by atoms with van der Waals surface area (Å²) < 4.78 is 1.62. The number of nitrogens with one attached hydrogen (secondary N) is 1. The molecular weight excluding hydrogens is 316 g/mol. The monoisotopic (exact) mass is 342 g/mol. The molecule has 2 aromatic rings. The standard InChI is InChI=1S/C18H26N6O/c1-3-22-10-12-23(13-11-22)9-8-19-18(25)17-14-24(21-20-17)16-6-4-15(2)5-7-16/h4-7,14H,3,8-13H2,1-2H3,(H,19,25). The number of aromatic nitrogens is 3. The van der Waals surface area contributed by atoms with Crippen molar-refractivity contribution in [2.45, 2.75) is 13.8 Å². The molecular formula is C18H26N6O. The van der Waals surface area contributed by atoms with Gasteiger partial charge in [0.05, 0.1) is 11.9 Å². The Bertz CT molecular complexity index is 688. The summed E-state index contributed by atoms with van der Waals surface area (Å²) in [5.74, 6) is -0.175. The predicted octanol–water partition coefficient (Wildman–Crippen LogP) is 0.943. The molecule has 0 aliphatic carbocycles. The number of nitrogens with zero attached hydrogens (tertiary/aromatic N) is 5. The average Bonchev–Trinajstić information content (AvgIpc) is 3.13. The van der Waals surface area contributed by atoms with Gasteiger partial charge in [-0.2, -0.15) is 0 Å². The van der Waals surface area contributed by atoms with Gasteiger partial charge in [-0.3, -0.25) is 9.69 Å². The van der Waals surface area contributed by atoms with E-state index in [-0.39, 0.29) is 5.91 Å². The Balaban J connectivity index is 1.47. The van der Waals surface area contributed by atoms with Crippen LogP contribution in [0.1, 0.15) is 23.0 Å². The van der Waals surface area contributed by atoms with Crippen LogP contribution in [0.15, 0.2) is 30.5 Å². The zero-order valence-corrected chi connectivity index (χ0v) is 15.0. The third-order valence-corrected chi connectivity index (χ3v) is 4.65. The number of amides is 1. The molecule has 0 radical (unpaired) electrons. The van der Waals surface area contributed by atoms with Gasteiger partial charge in [-0.05, 0) is 25.6 Å². The number of hydrogen-bond acceptors (Lipinski definition) is 5. The van der Waals surface area contributed by atoms with Crippen LogP contribution in [0.5, 0.6) is 0 Å². The maximum Gasteiger partial charge on any atom is 0.273 e. The molecule has 7 heteroatoms. The Morgan fingerprint density at radius 3 is 2.48 bits per heavy atom. The van der Waals surface area contributed by atoms with Crippen molar-refractivity contribution in [1.29, 1.82) is 0 Å². The van der Waals surface area contributed by atoms with Gasteiger partial charge in [-0.1, -0.05) is 29.8 Å². The minimum absolute atomic E-state index is 0.175. The lowest BCUT2D eigenvalue weighted by atomic mass is 10.2. The highest BCUT2D eigenvalue weighted by molar-refractivity contribution is 5.91. The van der Waals surface area contributed by atoms with Gasteiger partial charge in [0.1, 0.15) is 0 Å². The first-order valence-electron chi connectivity index (χ1n) is 8.88. The van der Waals surface area contributed by atoms with Crippen LogP contribution in [0, 0.1) is 6.92 Å². The van der Waals surface area contributed by atoms with Crippen molar-refractivity contribution in [1.82, 2.24) is 30.1 Å². The molecule has 0 atom stereocenters. The number of likely N-dealkylation sites (N-methyl/N-ethyl adjacent to an activating group) is 1. The lowest BCUT2D eigenvalue weighted by Gasteiger charge is -2.33. The molecule has 134 valence electrons. The fourth-order valence-electron chi connectivity index (χ4n) is 2.94. The normalized spacial score (nSPS) is 16.1. The maximum atomic E-state index is 12.2. The Morgan fingerprint density at radius 2 is 1.80 bits per heavy atom. The number of carbonyl (C=O) groups is 1. The van der Waals surface area contributed by atoms with E-state index >= 15 is 0 Å². The summed E-state index contributed by atoms with van der Waals surface area (Å²) in [5.41, 5.74) is 2.42. The van der Waals surface area contributed by atoms with E-state index in [0.717, 1.165) is 45.0 Å². The summed E-state index contributed by atoms with van der Waals surface area (Å²) in [6.07, 6.45) is 1.67. The Morgan fingerprint density at radius 1 is 1.12 bits per heavy atom.